The van der Waals surface area contributed by atoms with Crippen molar-refractivity contribution in [1.29, 1.82) is 0 Å². The summed E-state index contributed by atoms with van der Waals surface area (Å²) < 4.78 is 5.28. The van der Waals surface area contributed by atoms with Gasteiger partial charge in [-0.1, -0.05) is 67.6 Å². The number of nitrogens with zero attached hydrogens (tertiary/aromatic N) is 5. The van der Waals surface area contributed by atoms with Crippen LogP contribution in [0.25, 0.3) is 22.4 Å². The van der Waals surface area contributed by atoms with Crippen LogP contribution in [0, 0.1) is 0 Å². The molecule has 0 bridgehead atoms. The minimum atomic E-state index is -0.166. The quantitative estimate of drug-likeness (QED) is 0.271. The van der Waals surface area contributed by atoms with Crippen LogP contribution < -0.4 is 9.64 Å². The van der Waals surface area contributed by atoms with Crippen LogP contribution in [0.5, 0.6) is 5.75 Å². The number of carbonyl (C=O) groups excluding carboxylic acids is 2. The molecule has 1 unspecified atom stereocenters. The first kappa shape index (κ1) is 28.8. The first-order chi connectivity index (χ1) is 20.5. The third-order valence-corrected chi connectivity index (χ3v) is 7.90. The molecule has 42 heavy (non-hydrogen) atoms. The average Bonchev–Trinajstić information content (AvgIpc) is 3.07. The Bertz CT molecular complexity index is 1480. The van der Waals surface area contributed by atoms with Crippen molar-refractivity contribution in [3.05, 3.63) is 96.6 Å². The van der Waals surface area contributed by atoms with Gasteiger partial charge in [0.05, 0.1) is 12.8 Å². The summed E-state index contributed by atoms with van der Waals surface area (Å²) >= 11 is 0. The van der Waals surface area contributed by atoms with Crippen LogP contribution in [0.4, 0.5) is 5.82 Å². The van der Waals surface area contributed by atoms with Gasteiger partial charge in [0.2, 0.25) is 5.91 Å². The predicted molar refractivity (Wildman–Crippen MR) is 165 cm³/mol. The Hall–Kier alpha value is -4.72. The number of amides is 2. The Morgan fingerprint density at radius 1 is 0.833 bits per heavy atom. The van der Waals surface area contributed by atoms with Gasteiger partial charge in [0.1, 0.15) is 12.3 Å². The molecular formula is C34H37N5O3. The number of carbonyl (C=O) groups is 2. The van der Waals surface area contributed by atoms with Crippen molar-refractivity contribution < 1.29 is 14.3 Å². The number of methoxy groups -OCH3 is 1. The van der Waals surface area contributed by atoms with Gasteiger partial charge in [-0.15, -0.1) is 10.2 Å². The lowest BCUT2D eigenvalue weighted by Crippen LogP contribution is -2.53. The van der Waals surface area contributed by atoms with Gasteiger partial charge in [0.15, 0.2) is 5.82 Å². The second kappa shape index (κ2) is 13.3. The lowest BCUT2D eigenvalue weighted by atomic mass is 10.0. The van der Waals surface area contributed by atoms with Crippen LogP contribution in [-0.2, 0) is 4.79 Å². The molecule has 1 aliphatic heterocycles. The predicted octanol–water partition coefficient (Wildman–Crippen LogP) is 5.41. The average molecular weight is 564 g/mol. The van der Waals surface area contributed by atoms with Gasteiger partial charge in [-0.2, -0.15) is 0 Å². The highest BCUT2D eigenvalue weighted by Gasteiger charge is 2.28. The summed E-state index contributed by atoms with van der Waals surface area (Å²) in [5.41, 5.74) is 4.69. The second-order valence-corrected chi connectivity index (χ2v) is 10.5. The molecule has 1 aliphatic rings. The van der Waals surface area contributed by atoms with E-state index in [9.17, 15) is 9.59 Å². The highest BCUT2D eigenvalue weighted by molar-refractivity contribution is 5.97. The molecule has 1 atom stereocenters. The second-order valence-electron chi connectivity index (χ2n) is 10.5. The zero-order valence-corrected chi connectivity index (χ0v) is 24.4. The van der Waals surface area contributed by atoms with E-state index in [1.54, 1.807) is 36.3 Å². The lowest BCUT2D eigenvalue weighted by molar-refractivity contribution is -0.132. The van der Waals surface area contributed by atoms with Crippen molar-refractivity contribution in [3.63, 3.8) is 0 Å². The van der Waals surface area contributed by atoms with Crippen molar-refractivity contribution in [3.8, 4) is 28.1 Å². The first-order valence-corrected chi connectivity index (χ1v) is 14.4. The molecular weight excluding hydrogens is 526 g/mol. The molecule has 1 fully saturated rings. The maximum absolute atomic E-state index is 13.4. The van der Waals surface area contributed by atoms with Gasteiger partial charge < -0.3 is 19.4 Å². The summed E-state index contributed by atoms with van der Waals surface area (Å²) in [7, 11) is 1.57. The third kappa shape index (κ3) is 6.60. The van der Waals surface area contributed by atoms with Gasteiger partial charge in [-0.05, 0) is 54.8 Å². The number of aromatic nitrogens is 2. The Labute approximate surface area is 247 Å². The van der Waals surface area contributed by atoms with Crippen LogP contribution in [0.3, 0.4) is 0 Å². The van der Waals surface area contributed by atoms with E-state index in [4.69, 9.17) is 4.74 Å². The van der Waals surface area contributed by atoms with Gasteiger partial charge in [-0.3, -0.25) is 9.59 Å². The number of hydrogen-bond acceptors (Lipinski definition) is 6. The van der Waals surface area contributed by atoms with E-state index in [2.05, 4.69) is 51.5 Å². The summed E-state index contributed by atoms with van der Waals surface area (Å²) in [4.78, 5) is 32.3. The Kier molecular flexibility index (Phi) is 9.12. The molecule has 0 spiro atoms. The summed E-state index contributed by atoms with van der Waals surface area (Å²) in [5, 5.41) is 8.98. The highest BCUT2D eigenvalue weighted by Crippen LogP contribution is 2.25. The van der Waals surface area contributed by atoms with E-state index >= 15 is 0 Å². The number of piperazine rings is 1. The van der Waals surface area contributed by atoms with Crippen LogP contribution in [0.2, 0.25) is 0 Å². The molecule has 216 valence electrons. The van der Waals surface area contributed by atoms with E-state index in [0.717, 1.165) is 29.1 Å². The van der Waals surface area contributed by atoms with E-state index in [0.29, 0.717) is 37.5 Å². The summed E-state index contributed by atoms with van der Waals surface area (Å²) in [6, 6.07) is 29.6. The summed E-state index contributed by atoms with van der Waals surface area (Å²) in [6.45, 7) is 6.46. The minimum Gasteiger partial charge on any atom is -0.497 e. The molecule has 0 N–H and O–H groups in total. The van der Waals surface area contributed by atoms with Crippen molar-refractivity contribution in [2.24, 2.45) is 0 Å². The molecule has 0 saturated carbocycles. The Morgan fingerprint density at radius 3 is 2.17 bits per heavy atom. The molecule has 8 heteroatoms. The van der Waals surface area contributed by atoms with E-state index < -0.39 is 0 Å². The van der Waals surface area contributed by atoms with Crippen molar-refractivity contribution in [2.45, 2.75) is 26.3 Å². The van der Waals surface area contributed by atoms with Crippen molar-refractivity contribution >= 4 is 17.6 Å². The zero-order chi connectivity index (χ0) is 29.5. The molecule has 2 amide bonds. The fourth-order valence-corrected chi connectivity index (χ4v) is 5.11. The Balaban J connectivity index is 1.18. The first-order valence-electron chi connectivity index (χ1n) is 14.4. The number of ether oxygens (including phenoxy) is 1. The molecule has 5 rings (SSSR count). The fraction of sp³-hybridized carbons (Fsp3) is 0.294. The standard InChI is InChI=1S/C34H37N5O3/c1-4-25(2)39(34(41)29-11-8-12-30(23-29)42-3)24-33(40)38-21-19-37(20-22-38)32-18-17-31(35-36-32)28-15-13-27(14-16-28)26-9-6-5-7-10-26/h5-18,23,25H,4,19-22,24H2,1-3H3. The summed E-state index contributed by atoms with van der Waals surface area (Å²) in [5.74, 6) is 1.19. The zero-order valence-electron chi connectivity index (χ0n) is 24.4. The van der Waals surface area contributed by atoms with E-state index in [1.165, 1.54) is 5.56 Å². The SMILES string of the molecule is CCC(C)N(CC(=O)N1CCN(c2ccc(-c3ccc(-c4ccccc4)cc3)nn2)CC1)C(=O)c1cccc(OC)c1. The molecule has 4 aromatic rings. The van der Waals surface area contributed by atoms with E-state index in [1.807, 2.05) is 49.1 Å². The largest absolute Gasteiger partial charge is 0.497 e. The molecule has 2 heterocycles. The third-order valence-electron chi connectivity index (χ3n) is 7.90. The topological polar surface area (TPSA) is 78.9 Å². The molecule has 0 radical (unpaired) electrons. The number of benzene rings is 3. The van der Waals surface area contributed by atoms with Crippen molar-refractivity contribution in [1.82, 2.24) is 20.0 Å². The van der Waals surface area contributed by atoms with Crippen LogP contribution in [-0.4, -0.2) is 77.7 Å². The lowest BCUT2D eigenvalue weighted by Gasteiger charge is -2.37. The summed E-state index contributed by atoms with van der Waals surface area (Å²) in [6.07, 6.45) is 0.753. The Morgan fingerprint density at radius 2 is 1.52 bits per heavy atom. The maximum Gasteiger partial charge on any atom is 0.254 e. The van der Waals surface area contributed by atoms with Crippen molar-refractivity contribution in [2.75, 3.05) is 44.7 Å². The maximum atomic E-state index is 13.4. The highest BCUT2D eigenvalue weighted by atomic mass is 16.5. The number of hydrogen-bond donors (Lipinski definition) is 0. The van der Waals surface area contributed by atoms with Crippen LogP contribution >= 0.6 is 0 Å². The normalized spacial score (nSPS) is 13.9. The molecule has 3 aromatic carbocycles. The fourth-order valence-electron chi connectivity index (χ4n) is 5.11. The van der Waals surface area contributed by atoms with Gasteiger partial charge in [0, 0.05) is 43.3 Å². The molecule has 1 saturated heterocycles. The molecule has 0 aliphatic carbocycles. The number of rotatable bonds is 9. The van der Waals surface area contributed by atoms with Crippen LogP contribution in [0.15, 0.2) is 91.0 Å². The molecule has 1 aromatic heterocycles. The van der Waals surface area contributed by atoms with Gasteiger partial charge in [0.25, 0.3) is 5.91 Å². The van der Waals surface area contributed by atoms with Gasteiger partial charge >= 0.3 is 0 Å². The molecule has 8 nitrogen and oxygen atoms in total. The number of anilines is 1. The minimum absolute atomic E-state index is 0.0443. The van der Waals surface area contributed by atoms with Gasteiger partial charge in [-0.25, -0.2) is 0 Å². The smallest absolute Gasteiger partial charge is 0.254 e. The van der Waals surface area contributed by atoms with Crippen LogP contribution in [0.1, 0.15) is 30.6 Å². The van der Waals surface area contributed by atoms with E-state index in [-0.39, 0.29) is 24.4 Å². The monoisotopic (exact) mass is 563 g/mol.